The Labute approximate surface area is 170 Å². The fraction of sp³-hybridized carbons (Fsp3) is 0.773. The molecular weight excluding hydrogens is 358 g/mol. The van der Waals surface area contributed by atoms with Gasteiger partial charge >= 0.3 is 0 Å². The van der Waals surface area contributed by atoms with E-state index in [0.29, 0.717) is 32.5 Å². The molecule has 0 saturated carbocycles. The molecule has 3 N–H and O–H groups in total. The summed E-state index contributed by atoms with van der Waals surface area (Å²) in [5.41, 5.74) is 0. The van der Waals surface area contributed by atoms with Crippen LogP contribution in [-0.2, 0) is 4.79 Å². The monoisotopic (exact) mass is 399 g/mol. The van der Waals surface area contributed by atoms with Gasteiger partial charge in [-0.3, -0.25) is 0 Å². The molecule has 3 unspecified atom stereocenters. The molecule has 0 aromatic heterocycles. The first kappa shape index (κ1) is 26.8. The van der Waals surface area contributed by atoms with Crippen molar-refractivity contribution in [3.8, 4) is 0 Å². The van der Waals surface area contributed by atoms with E-state index in [1.165, 1.54) is 0 Å². The van der Waals surface area contributed by atoms with Gasteiger partial charge in [-0.05, 0) is 38.5 Å². The van der Waals surface area contributed by atoms with E-state index in [1.54, 1.807) is 6.92 Å². The Morgan fingerprint density at radius 2 is 1.43 bits per heavy atom. The van der Waals surface area contributed by atoms with E-state index in [2.05, 4.69) is 13.2 Å². The Balaban J connectivity index is 5.08. The van der Waals surface area contributed by atoms with E-state index in [9.17, 15) is 25.2 Å². The van der Waals surface area contributed by atoms with Crippen LogP contribution in [0, 0.1) is 5.92 Å². The Bertz CT molecular complexity index is 417. The predicted octanol–water partition coefficient (Wildman–Crippen LogP) is 1.40. The molecule has 0 fully saturated rings. The van der Waals surface area contributed by atoms with E-state index < -0.39 is 24.1 Å². The molecule has 28 heavy (non-hydrogen) atoms. The van der Waals surface area contributed by atoms with Crippen LogP contribution >= 0.6 is 0 Å². The van der Waals surface area contributed by atoms with Crippen molar-refractivity contribution in [1.82, 2.24) is 0 Å². The topological polar surface area (TPSA) is 101 Å². The fourth-order valence-corrected chi connectivity index (χ4v) is 3.78. The lowest BCUT2D eigenvalue weighted by molar-refractivity contribution is -0.936. The van der Waals surface area contributed by atoms with Crippen molar-refractivity contribution in [2.45, 2.75) is 70.5 Å². The van der Waals surface area contributed by atoms with Gasteiger partial charge in [0.1, 0.15) is 31.8 Å². The van der Waals surface area contributed by atoms with Crippen molar-refractivity contribution in [1.29, 1.82) is 0 Å². The molecule has 0 aliphatic heterocycles. The van der Waals surface area contributed by atoms with Crippen LogP contribution in [0.25, 0.3) is 0 Å². The minimum atomic E-state index is -1.15. The van der Waals surface area contributed by atoms with Crippen LogP contribution in [0.15, 0.2) is 25.3 Å². The molecule has 6 heteroatoms. The molecule has 0 radical (unpaired) electrons. The highest BCUT2D eigenvalue weighted by Crippen LogP contribution is 2.19. The van der Waals surface area contributed by atoms with Crippen LogP contribution in [0.1, 0.15) is 58.3 Å². The standard InChI is InChI=1S/C22H41NO5/c1-4-6-8-10-12-20(25)17-23(14-15-24,16-19(3)22(27)28)18-21(26)13-11-9-7-5-2/h4-5,19-21,24-26H,1-2,6-18H2,3H3. The summed E-state index contributed by atoms with van der Waals surface area (Å²) < 4.78 is 0.177. The highest BCUT2D eigenvalue weighted by Gasteiger charge is 2.34. The van der Waals surface area contributed by atoms with Crippen LogP contribution in [0.5, 0.6) is 0 Å². The number of unbranched alkanes of at least 4 members (excludes halogenated alkanes) is 4. The van der Waals surface area contributed by atoms with Crippen LogP contribution in [0.3, 0.4) is 0 Å². The third-order valence-corrected chi connectivity index (χ3v) is 5.23. The van der Waals surface area contributed by atoms with Gasteiger partial charge in [-0.2, -0.15) is 0 Å². The number of hydrogen-bond donors (Lipinski definition) is 3. The summed E-state index contributed by atoms with van der Waals surface area (Å²) in [7, 11) is 0. The molecular formula is C22H41NO5. The molecule has 0 saturated heterocycles. The van der Waals surface area contributed by atoms with Crippen LogP contribution < -0.4 is 5.11 Å². The fourth-order valence-electron chi connectivity index (χ4n) is 3.78. The lowest BCUT2D eigenvalue weighted by Gasteiger charge is -2.43. The molecule has 164 valence electrons. The molecule has 0 aromatic carbocycles. The summed E-state index contributed by atoms with van der Waals surface area (Å²) >= 11 is 0. The largest absolute Gasteiger partial charge is 0.550 e. The van der Waals surface area contributed by atoms with Gasteiger partial charge in [-0.15, -0.1) is 13.2 Å². The van der Waals surface area contributed by atoms with Crippen molar-refractivity contribution in [2.24, 2.45) is 5.92 Å². The first-order chi connectivity index (χ1) is 13.3. The number of carboxylic acid groups (broad SMARTS) is 1. The van der Waals surface area contributed by atoms with E-state index in [1.807, 2.05) is 12.2 Å². The van der Waals surface area contributed by atoms with Gasteiger partial charge in [0.2, 0.25) is 0 Å². The highest BCUT2D eigenvalue weighted by atomic mass is 16.4. The van der Waals surface area contributed by atoms with Gasteiger partial charge in [0, 0.05) is 11.9 Å². The number of carbonyl (C=O) groups is 1. The summed E-state index contributed by atoms with van der Waals surface area (Å²) in [6, 6.07) is 0. The number of rotatable bonds is 19. The molecule has 0 bridgehead atoms. The minimum absolute atomic E-state index is 0.133. The number of aliphatic hydroxyl groups excluding tert-OH is 3. The molecule has 0 aromatic rings. The van der Waals surface area contributed by atoms with E-state index >= 15 is 0 Å². The van der Waals surface area contributed by atoms with Crippen LogP contribution in [0.4, 0.5) is 0 Å². The number of carbonyl (C=O) groups excluding carboxylic acids is 1. The zero-order chi connectivity index (χ0) is 21.4. The average molecular weight is 400 g/mol. The summed E-state index contributed by atoms with van der Waals surface area (Å²) in [6.45, 7) is 9.97. The molecule has 0 heterocycles. The lowest BCUT2D eigenvalue weighted by atomic mass is 10.0. The van der Waals surface area contributed by atoms with Gasteiger partial charge in [-0.25, -0.2) is 0 Å². The quantitative estimate of drug-likeness (QED) is 0.173. The maximum atomic E-state index is 11.3. The number of aliphatic carboxylic acids is 1. The Kier molecular flexibility index (Phi) is 15.0. The molecule has 0 aliphatic rings. The maximum absolute atomic E-state index is 11.3. The SMILES string of the molecule is C=CCCCCC(O)C[N+](CCO)(CC(O)CCCCC=C)CC(C)C(=O)[O-]. The predicted molar refractivity (Wildman–Crippen MR) is 110 cm³/mol. The van der Waals surface area contributed by atoms with Gasteiger partial charge in [0.25, 0.3) is 0 Å². The molecule has 0 rings (SSSR count). The number of aliphatic hydroxyl groups is 3. The number of nitrogens with zero attached hydrogens (tertiary/aromatic N) is 1. The smallest absolute Gasteiger partial charge is 0.105 e. The van der Waals surface area contributed by atoms with E-state index in [0.717, 1.165) is 38.5 Å². The normalized spacial score (nSPS) is 16.7. The summed E-state index contributed by atoms with van der Waals surface area (Å²) in [4.78, 5) is 11.3. The van der Waals surface area contributed by atoms with Crippen molar-refractivity contribution in [3.05, 3.63) is 25.3 Å². The first-order valence-electron chi connectivity index (χ1n) is 10.5. The van der Waals surface area contributed by atoms with Crippen molar-refractivity contribution < 1.29 is 29.7 Å². The van der Waals surface area contributed by atoms with Crippen LogP contribution in [-0.4, -0.2) is 70.8 Å². The maximum Gasteiger partial charge on any atom is 0.105 e. The summed E-state index contributed by atoms with van der Waals surface area (Å²) in [5.74, 6) is -1.88. The van der Waals surface area contributed by atoms with E-state index in [-0.39, 0.29) is 17.6 Å². The van der Waals surface area contributed by atoms with Gasteiger partial charge in [0.15, 0.2) is 0 Å². The third-order valence-electron chi connectivity index (χ3n) is 5.23. The molecule has 6 nitrogen and oxygen atoms in total. The first-order valence-corrected chi connectivity index (χ1v) is 10.5. The van der Waals surface area contributed by atoms with Gasteiger partial charge in [0.05, 0.1) is 13.2 Å². The zero-order valence-corrected chi connectivity index (χ0v) is 17.6. The molecule has 0 aliphatic carbocycles. The zero-order valence-electron chi connectivity index (χ0n) is 17.6. The third kappa shape index (κ3) is 12.3. The second-order valence-corrected chi connectivity index (χ2v) is 8.01. The molecule has 0 amide bonds. The second-order valence-electron chi connectivity index (χ2n) is 8.01. The lowest BCUT2D eigenvalue weighted by Crippen LogP contribution is -2.60. The Morgan fingerprint density at radius 1 is 0.964 bits per heavy atom. The number of carboxylic acids is 1. The minimum Gasteiger partial charge on any atom is -0.550 e. The second kappa shape index (κ2) is 15.7. The summed E-state index contributed by atoms with van der Waals surface area (Å²) in [6.07, 6.45) is 9.08. The van der Waals surface area contributed by atoms with E-state index in [4.69, 9.17) is 0 Å². The Hall–Kier alpha value is -1.21. The van der Waals surface area contributed by atoms with Crippen LogP contribution in [0.2, 0.25) is 0 Å². The number of hydrogen-bond acceptors (Lipinski definition) is 5. The van der Waals surface area contributed by atoms with Crippen molar-refractivity contribution >= 4 is 5.97 Å². The van der Waals surface area contributed by atoms with Crippen molar-refractivity contribution in [3.63, 3.8) is 0 Å². The molecule has 3 atom stereocenters. The average Bonchev–Trinajstić information content (AvgIpc) is 2.62. The highest BCUT2D eigenvalue weighted by molar-refractivity contribution is 5.67. The number of allylic oxidation sites excluding steroid dienone is 2. The van der Waals surface area contributed by atoms with Crippen molar-refractivity contribution in [2.75, 3.05) is 32.8 Å². The molecule has 0 spiro atoms. The van der Waals surface area contributed by atoms with Gasteiger partial charge in [-0.1, -0.05) is 31.9 Å². The van der Waals surface area contributed by atoms with Gasteiger partial charge < -0.3 is 29.7 Å². The summed E-state index contributed by atoms with van der Waals surface area (Å²) in [5, 5.41) is 42.0. The Morgan fingerprint density at radius 3 is 1.79 bits per heavy atom. The number of quaternary nitrogens is 1.